The van der Waals surface area contributed by atoms with Gasteiger partial charge in [-0.1, -0.05) is 19.9 Å². The van der Waals surface area contributed by atoms with Crippen LogP contribution in [0.1, 0.15) is 31.4 Å². The van der Waals surface area contributed by atoms with Crippen LogP contribution in [0.25, 0.3) is 10.9 Å². The molecule has 0 radical (unpaired) electrons. The zero-order chi connectivity index (χ0) is 13.0. The molecular weight excluding hydrogens is 222 g/mol. The second-order valence-electron chi connectivity index (χ2n) is 4.29. The number of aryl methyl sites for hydroxylation is 1. The minimum absolute atomic E-state index is 0.615. The molecule has 2 rings (SSSR count). The Kier molecular flexibility index (Phi) is 3.78. The summed E-state index contributed by atoms with van der Waals surface area (Å²) in [5.41, 5.74) is 3.73. The van der Waals surface area contributed by atoms with Gasteiger partial charge >= 0.3 is 0 Å². The van der Waals surface area contributed by atoms with Crippen LogP contribution in [0, 0.1) is 11.3 Å². The Hall–Kier alpha value is -2.08. The maximum atomic E-state index is 9.17. The van der Waals surface area contributed by atoms with Gasteiger partial charge in [-0.3, -0.25) is 4.98 Å². The Morgan fingerprint density at radius 2 is 2.17 bits per heavy atom. The Balaban J connectivity index is 2.62. The monoisotopic (exact) mass is 239 g/mol. The number of nitrogens with zero attached hydrogens (tertiary/aromatic N) is 2. The zero-order valence-electron chi connectivity index (χ0n) is 10.8. The molecule has 1 N–H and O–H groups in total. The molecule has 3 nitrogen and oxygen atoms in total. The van der Waals surface area contributed by atoms with E-state index >= 15 is 0 Å². The van der Waals surface area contributed by atoms with Gasteiger partial charge in [-0.2, -0.15) is 5.26 Å². The predicted molar refractivity (Wildman–Crippen MR) is 74.6 cm³/mol. The summed E-state index contributed by atoms with van der Waals surface area (Å²) in [4.78, 5) is 4.33. The van der Waals surface area contributed by atoms with Crippen LogP contribution in [0.3, 0.4) is 0 Å². The molecule has 0 aliphatic carbocycles. The van der Waals surface area contributed by atoms with Gasteiger partial charge in [-0.25, -0.2) is 0 Å². The summed E-state index contributed by atoms with van der Waals surface area (Å²) in [7, 11) is 0. The van der Waals surface area contributed by atoms with Crippen molar-refractivity contribution < 1.29 is 0 Å². The Bertz CT molecular complexity index is 596. The van der Waals surface area contributed by atoms with Crippen LogP contribution in [-0.4, -0.2) is 11.5 Å². The highest BCUT2D eigenvalue weighted by Crippen LogP contribution is 2.26. The van der Waals surface area contributed by atoms with Crippen LogP contribution in [0.5, 0.6) is 0 Å². The first-order valence-electron chi connectivity index (χ1n) is 6.35. The molecule has 1 heterocycles. The molecule has 0 aliphatic rings. The highest BCUT2D eigenvalue weighted by molar-refractivity contribution is 5.94. The van der Waals surface area contributed by atoms with Crippen molar-refractivity contribution in [1.29, 1.82) is 5.26 Å². The Morgan fingerprint density at radius 1 is 1.33 bits per heavy atom. The molecule has 0 saturated carbocycles. The molecular formula is C15H17N3. The lowest BCUT2D eigenvalue weighted by molar-refractivity contribution is 0.980. The maximum absolute atomic E-state index is 9.17. The van der Waals surface area contributed by atoms with Gasteiger partial charge in [0.2, 0.25) is 0 Å². The second kappa shape index (κ2) is 5.50. The smallest absolute Gasteiger partial charge is 0.103 e. The number of rotatable bonds is 4. The topological polar surface area (TPSA) is 48.7 Å². The van der Waals surface area contributed by atoms with Crippen molar-refractivity contribution in [2.75, 3.05) is 11.9 Å². The summed E-state index contributed by atoms with van der Waals surface area (Å²) in [6.45, 7) is 5.10. The fraction of sp³-hybridized carbons (Fsp3) is 0.333. The third-order valence-electron chi connectivity index (χ3n) is 3.01. The number of hydrogen-bond acceptors (Lipinski definition) is 3. The van der Waals surface area contributed by atoms with Crippen LogP contribution >= 0.6 is 0 Å². The Labute approximate surface area is 107 Å². The van der Waals surface area contributed by atoms with Gasteiger partial charge in [0.1, 0.15) is 6.07 Å². The summed E-state index contributed by atoms with van der Waals surface area (Å²) >= 11 is 0. The van der Waals surface area contributed by atoms with Crippen LogP contribution in [0.15, 0.2) is 24.4 Å². The molecule has 0 saturated heterocycles. The molecule has 1 aromatic carbocycles. The highest BCUT2D eigenvalue weighted by Gasteiger charge is 2.08. The third kappa shape index (κ3) is 2.28. The molecule has 0 atom stereocenters. The number of aromatic nitrogens is 1. The first-order valence-corrected chi connectivity index (χ1v) is 6.35. The number of benzene rings is 1. The average molecular weight is 239 g/mol. The molecule has 92 valence electrons. The lowest BCUT2D eigenvalue weighted by Crippen LogP contribution is -2.03. The lowest BCUT2D eigenvalue weighted by Gasteiger charge is -2.11. The van der Waals surface area contributed by atoms with Gasteiger partial charge in [-0.05, 0) is 30.5 Å². The zero-order valence-corrected chi connectivity index (χ0v) is 10.8. The fourth-order valence-electron chi connectivity index (χ4n) is 1.98. The fourth-order valence-corrected chi connectivity index (χ4v) is 1.98. The van der Waals surface area contributed by atoms with Gasteiger partial charge < -0.3 is 5.32 Å². The lowest BCUT2D eigenvalue weighted by atomic mass is 10.1. The number of pyridine rings is 1. The molecule has 2 aromatic rings. The number of anilines is 1. The quantitative estimate of drug-likeness (QED) is 0.888. The van der Waals surface area contributed by atoms with Crippen molar-refractivity contribution in [3.05, 3.63) is 35.5 Å². The summed E-state index contributed by atoms with van der Waals surface area (Å²) < 4.78 is 0. The van der Waals surface area contributed by atoms with Gasteiger partial charge in [0.15, 0.2) is 0 Å². The molecule has 0 amide bonds. The molecule has 3 heteroatoms. The minimum atomic E-state index is 0.615. The Morgan fingerprint density at radius 3 is 2.83 bits per heavy atom. The van der Waals surface area contributed by atoms with E-state index in [1.54, 1.807) is 6.20 Å². The minimum Gasteiger partial charge on any atom is -0.383 e. The predicted octanol–water partition coefficient (Wildman–Crippen LogP) is 3.49. The van der Waals surface area contributed by atoms with Crippen molar-refractivity contribution in [3.8, 4) is 6.07 Å². The largest absolute Gasteiger partial charge is 0.383 e. The van der Waals surface area contributed by atoms with Crippen LogP contribution in [0.4, 0.5) is 5.69 Å². The molecule has 0 fully saturated rings. The molecule has 0 spiro atoms. The summed E-state index contributed by atoms with van der Waals surface area (Å²) in [5.74, 6) is 0. The van der Waals surface area contributed by atoms with E-state index in [0.29, 0.717) is 5.56 Å². The normalized spacial score (nSPS) is 10.3. The SMILES string of the molecule is CCCNc1c(C#N)cnc2ccc(CC)cc12. The molecule has 0 unspecified atom stereocenters. The highest BCUT2D eigenvalue weighted by atomic mass is 14.9. The van der Waals surface area contributed by atoms with E-state index in [0.717, 1.165) is 36.0 Å². The van der Waals surface area contributed by atoms with Gasteiger partial charge in [0, 0.05) is 18.1 Å². The summed E-state index contributed by atoms with van der Waals surface area (Å²) in [6.07, 6.45) is 3.66. The second-order valence-corrected chi connectivity index (χ2v) is 4.29. The average Bonchev–Trinajstić information content (AvgIpc) is 2.43. The van der Waals surface area contributed by atoms with Crippen molar-refractivity contribution in [3.63, 3.8) is 0 Å². The van der Waals surface area contributed by atoms with Gasteiger partial charge in [0.05, 0.1) is 16.8 Å². The van der Waals surface area contributed by atoms with E-state index < -0.39 is 0 Å². The molecule has 1 aromatic heterocycles. The van der Waals surface area contributed by atoms with Crippen molar-refractivity contribution in [1.82, 2.24) is 4.98 Å². The maximum Gasteiger partial charge on any atom is 0.103 e. The van der Waals surface area contributed by atoms with E-state index in [2.05, 4.69) is 42.4 Å². The van der Waals surface area contributed by atoms with E-state index in [1.807, 2.05) is 6.07 Å². The van der Waals surface area contributed by atoms with E-state index in [-0.39, 0.29) is 0 Å². The molecule has 18 heavy (non-hydrogen) atoms. The first-order chi connectivity index (χ1) is 8.80. The number of fused-ring (bicyclic) bond motifs is 1. The molecule has 0 bridgehead atoms. The molecule has 0 aliphatic heterocycles. The summed E-state index contributed by atoms with van der Waals surface area (Å²) in [5, 5.41) is 13.6. The standard InChI is InChI=1S/C15H17N3/c1-3-7-17-15-12(9-16)10-18-14-6-5-11(4-2)8-13(14)15/h5-6,8,10H,3-4,7H2,1-2H3,(H,17,18). The number of hydrogen-bond donors (Lipinski definition) is 1. The third-order valence-corrected chi connectivity index (χ3v) is 3.01. The van der Waals surface area contributed by atoms with Crippen LogP contribution in [-0.2, 0) is 6.42 Å². The number of nitriles is 1. The van der Waals surface area contributed by atoms with Crippen molar-refractivity contribution in [2.24, 2.45) is 0 Å². The van der Waals surface area contributed by atoms with Crippen molar-refractivity contribution >= 4 is 16.6 Å². The van der Waals surface area contributed by atoms with Gasteiger partial charge in [-0.15, -0.1) is 0 Å². The first kappa shape index (κ1) is 12.4. The van der Waals surface area contributed by atoms with Crippen LogP contribution in [0.2, 0.25) is 0 Å². The van der Waals surface area contributed by atoms with E-state index in [1.165, 1.54) is 5.56 Å². The summed E-state index contributed by atoms with van der Waals surface area (Å²) in [6, 6.07) is 8.44. The van der Waals surface area contributed by atoms with Crippen molar-refractivity contribution in [2.45, 2.75) is 26.7 Å². The van der Waals surface area contributed by atoms with E-state index in [4.69, 9.17) is 0 Å². The van der Waals surface area contributed by atoms with Crippen LogP contribution < -0.4 is 5.32 Å². The van der Waals surface area contributed by atoms with Gasteiger partial charge in [0.25, 0.3) is 0 Å². The van der Waals surface area contributed by atoms with E-state index in [9.17, 15) is 5.26 Å². The number of nitrogens with one attached hydrogen (secondary N) is 1.